The summed E-state index contributed by atoms with van der Waals surface area (Å²) >= 11 is 5.08. The number of nitrogens with zero attached hydrogens (tertiary/aromatic N) is 2. The molecule has 2 heterocycles. The van der Waals surface area contributed by atoms with E-state index in [9.17, 15) is 0 Å². The molecule has 0 saturated carbocycles. The first-order valence-corrected chi connectivity index (χ1v) is 5.64. The summed E-state index contributed by atoms with van der Waals surface area (Å²) < 4.78 is 0.583. The smallest absolute Gasteiger partial charge is 0.130 e. The molecule has 0 saturated heterocycles. The second-order valence-corrected chi connectivity index (χ2v) is 4.09. The Bertz CT molecular complexity index is 728. The van der Waals surface area contributed by atoms with Crippen molar-refractivity contribution in [3.63, 3.8) is 0 Å². The van der Waals surface area contributed by atoms with Crippen molar-refractivity contribution in [3.8, 4) is 11.3 Å². The Kier molecular flexibility index (Phi) is 2.42. The Hall–Kier alpha value is -2.07. The van der Waals surface area contributed by atoms with Crippen molar-refractivity contribution in [1.29, 1.82) is 0 Å². The lowest BCUT2D eigenvalue weighted by atomic mass is 10.1. The molecule has 0 radical (unpaired) electrons. The summed E-state index contributed by atoms with van der Waals surface area (Å²) in [5.41, 5.74) is 3.02. The number of H-pyrrole nitrogens is 1. The zero-order chi connectivity index (χ0) is 11.7. The van der Waals surface area contributed by atoms with Gasteiger partial charge in [0.05, 0.1) is 17.5 Å². The van der Waals surface area contributed by atoms with Gasteiger partial charge in [-0.1, -0.05) is 30.4 Å². The molecule has 1 N–H and O–H groups in total. The van der Waals surface area contributed by atoms with Gasteiger partial charge in [-0.05, 0) is 18.2 Å². The zero-order valence-corrected chi connectivity index (χ0v) is 9.74. The molecule has 2 aromatic heterocycles. The number of pyridine rings is 1. The number of nitrogens with one attached hydrogen (secondary N) is 1. The van der Waals surface area contributed by atoms with E-state index >= 15 is 0 Å². The molecule has 0 aliphatic rings. The van der Waals surface area contributed by atoms with E-state index in [0.29, 0.717) is 4.64 Å². The van der Waals surface area contributed by atoms with Gasteiger partial charge in [0.1, 0.15) is 4.64 Å². The molecule has 0 bridgehead atoms. The first kappa shape index (κ1) is 10.1. The summed E-state index contributed by atoms with van der Waals surface area (Å²) in [5, 5.41) is 1.10. The molecule has 0 fully saturated rings. The fourth-order valence-electron chi connectivity index (χ4n) is 1.86. The van der Waals surface area contributed by atoms with Crippen LogP contribution in [0.2, 0.25) is 0 Å². The van der Waals surface area contributed by atoms with Crippen molar-refractivity contribution in [3.05, 3.63) is 53.6 Å². The summed E-state index contributed by atoms with van der Waals surface area (Å²) in [5.74, 6) is 0. The van der Waals surface area contributed by atoms with Crippen molar-refractivity contribution >= 4 is 23.1 Å². The summed E-state index contributed by atoms with van der Waals surface area (Å²) in [6.45, 7) is 0. The van der Waals surface area contributed by atoms with E-state index in [2.05, 4.69) is 21.0 Å². The summed E-state index contributed by atoms with van der Waals surface area (Å²) in [6.07, 6.45) is 3.41. The van der Waals surface area contributed by atoms with Crippen molar-refractivity contribution < 1.29 is 0 Å². The molecule has 0 amide bonds. The summed E-state index contributed by atoms with van der Waals surface area (Å²) in [4.78, 5) is 11.4. The van der Waals surface area contributed by atoms with E-state index in [1.807, 2.05) is 30.3 Å². The van der Waals surface area contributed by atoms with Crippen molar-refractivity contribution in [1.82, 2.24) is 15.0 Å². The number of benzene rings is 1. The quantitative estimate of drug-likeness (QED) is 0.662. The molecule has 0 aliphatic heterocycles. The Morgan fingerprint density at radius 3 is 2.88 bits per heavy atom. The Morgan fingerprint density at radius 2 is 2.00 bits per heavy atom. The molecule has 17 heavy (non-hydrogen) atoms. The molecule has 3 rings (SSSR count). The fourth-order valence-corrected chi connectivity index (χ4v) is 2.03. The average Bonchev–Trinajstić information content (AvgIpc) is 2.38. The third kappa shape index (κ3) is 1.83. The molecular weight excluding hydrogens is 230 g/mol. The maximum atomic E-state index is 5.08. The van der Waals surface area contributed by atoms with Crippen LogP contribution in [0.25, 0.3) is 22.2 Å². The standard InChI is InChI=1S/C13H9N3S/c17-13-7-12(15-8-16-13)10-3-1-5-11-9(10)4-2-6-14-11/h1-8H,(H,15,16,17). The van der Waals surface area contributed by atoms with Gasteiger partial charge in [0.2, 0.25) is 0 Å². The first-order chi connectivity index (χ1) is 8.34. The highest BCUT2D eigenvalue weighted by atomic mass is 32.1. The predicted molar refractivity (Wildman–Crippen MR) is 70.2 cm³/mol. The average molecular weight is 239 g/mol. The van der Waals surface area contributed by atoms with Crippen LogP contribution in [0, 0.1) is 4.64 Å². The van der Waals surface area contributed by atoms with E-state index in [0.717, 1.165) is 22.2 Å². The van der Waals surface area contributed by atoms with Crippen LogP contribution < -0.4 is 0 Å². The summed E-state index contributed by atoms with van der Waals surface area (Å²) in [7, 11) is 0. The molecule has 0 aliphatic carbocycles. The van der Waals surface area contributed by atoms with E-state index in [-0.39, 0.29) is 0 Å². The predicted octanol–water partition coefficient (Wildman–Crippen LogP) is 3.35. The van der Waals surface area contributed by atoms with Crippen molar-refractivity contribution in [2.24, 2.45) is 0 Å². The molecule has 0 spiro atoms. The lowest BCUT2D eigenvalue weighted by molar-refractivity contribution is 1.16. The topological polar surface area (TPSA) is 41.6 Å². The van der Waals surface area contributed by atoms with Crippen LogP contribution in [0.1, 0.15) is 0 Å². The first-order valence-electron chi connectivity index (χ1n) is 5.23. The van der Waals surface area contributed by atoms with E-state index in [4.69, 9.17) is 12.2 Å². The number of aromatic nitrogens is 3. The van der Waals surface area contributed by atoms with Crippen molar-refractivity contribution in [2.45, 2.75) is 0 Å². The van der Waals surface area contributed by atoms with Gasteiger partial charge in [-0.15, -0.1) is 0 Å². The SMILES string of the molecule is S=c1cc(-c2cccc3ncccc23)[nH]cn1. The highest BCUT2D eigenvalue weighted by Crippen LogP contribution is 2.25. The van der Waals surface area contributed by atoms with Gasteiger partial charge in [-0.2, -0.15) is 0 Å². The molecule has 82 valence electrons. The molecule has 3 aromatic rings. The molecular formula is C13H9N3S. The van der Waals surface area contributed by atoms with Gasteiger partial charge in [-0.3, -0.25) is 4.98 Å². The van der Waals surface area contributed by atoms with Gasteiger partial charge < -0.3 is 4.98 Å². The fraction of sp³-hybridized carbons (Fsp3) is 0. The third-order valence-electron chi connectivity index (χ3n) is 2.62. The third-order valence-corrected chi connectivity index (χ3v) is 2.84. The molecule has 3 nitrogen and oxygen atoms in total. The van der Waals surface area contributed by atoms with Crippen LogP contribution in [0.4, 0.5) is 0 Å². The molecule has 1 aromatic carbocycles. The normalized spacial score (nSPS) is 10.6. The van der Waals surface area contributed by atoms with E-state index < -0.39 is 0 Å². The Labute approximate surface area is 103 Å². The highest BCUT2D eigenvalue weighted by Gasteiger charge is 2.03. The van der Waals surface area contributed by atoms with Gasteiger partial charge in [-0.25, -0.2) is 4.98 Å². The van der Waals surface area contributed by atoms with Crippen LogP contribution in [0.3, 0.4) is 0 Å². The Balaban J connectivity index is 2.34. The second kappa shape index (κ2) is 4.07. The lowest BCUT2D eigenvalue weighted by Crippen LogP contribution is -1.87. The van der Waals surface area contributed by atoms with E-state index in [1.54, 1.807) is 12.5 Å². The number of aromatic amines is 1. The monoisotopic (exact) mass is 239 g/mol. The lowest BCUT2D eigenvalue weighted by Gasteiger charge is -2.05. The summed E-state index contributed by atoms with van der Waals surface area (Å²) in [6, 6.07) is 11.9. The van der Waals surface area contributed by atoms with Gasteiger partial charge in [0.25, 0.3) is 0 Å². The van der Waals surface area contributed by atoms with Gasteiger partial charge in [0.15, 0.2) is 0 Å². The van der Waals surface area contributed by atoms with Crippen molar-refractivity contribution in [2.75, 3.05) is 0 Å². The van der Waals surface area contributed by atoms with Crippen LogP contribution in [-0.2, 0) is 0 Å². The maximum Gasteiger partial charge on any atom is 0.130 e. The van der Waals surface area contributed by atoms with Crippen LogP contribution >= 0.6 is 12.2 Å². The molecule has 4 heteroatoms. The van der Waals surface area contributed by atoms with Crippen LogP contribution in [0.15, 0.2) is 48.9 Å². The zero-order valence-electron chi connectivity index (χ0n) is 8.92. The second-order valence-electron chi connectivity index (χ2n) is 3.67. The van der Waals surface area contributed by atoms with Crippen LogP contribution in [0.5, 0.6) is 0 Å². The maximum absolute atomic E-state index is 5.08. The number of rotatable bonds is 1. The number of hydrogen-bond acceptors (Lipinski definition) is 3. The number of hydrogen-bond donors (Lipinski definition) is 1. The minimum absolute atomic E-state index is 0.583. The highest BCUT2D eigenvalue weighted by molar-refractivity contribution is 7.71. The number of fused-ring (bicyclic) bond motifs is 1. The largest absolute Gasteiger partial charge is 0.346 e. The van der Waals surface area contributed by atoms with E-state index in [1.165, 1.54) is 0 Å². The van der Waals surface area contributed by atoms with Gasteiger partial charge >= 0.3 is 0 Å². The minimum Gasteiger partial charge on any atom is -0.346 e. The van der Waals surface area contributed by atoms with Gasteiger partial charge in [0, 0.05) is 17.1 Å². The Morgan fingerprint density at radius 1 is 1.06 bits per heavy atom. The van der Waals surface area contributed by atoms with Crippen LogP contribution in [-0.4, -0.2) is 15.0 Å². The molecule has 0 atom stereocenters. The molecule has 0 unspecified atom stereocenters. The minimum atomic E-state index is 0.583.